The maximum atomic E-state index is 11.1. The molecule has 2 aromatic rings. The number of benzene rings is 1. The number of hydrogen-bond acceptors (Lipinski definition) is 7. The second-order valence-electron chi connectivity index (χ2n) is 5.66. The van der Waals surface area contributed by atoms with Crippen LogP contribution in [0.5, 0.6) is 11.6 Å². The van der Waals surface area contributed by atoms with E-state index >= 15 is 0 Å². The number of aromatic nitrogens is 2. The van der Waals surface area contributed by atoms with Crippen LogP contribution >= 0.6 is 0 Å². The maximum Gasteiger partial charge on any atom is 0.270 e. The third-order valence-electron chi connectivity index (χ3n) is 3.52. The van der Waals surface area contributed by atoms with Crippen LogP contribution in [0.2, 0.25) is 0 Å². The van der Waals surface area contributed by atoms with Gasteiger partial charge in [-0.3, -0.25) is 14.9 Å². The lowest BCUT2D eigenvalue weighted by atomic mass is 9.99. The number of nitrogens with zero attached hydrogens (tertiary/aromatic N) is 2. The van der Waals surface area contributed by atoms with Crippen LogP contribution in [0.15, 0.2) is 41.2 Å². The monoisotopic (exact) mass is 345 g/mol. The van der Waals surface area contributed by atoms with E-state index in [-0.39, 0.29) is 23.7 Å². The van der Waals surface area contributed by atoms with E-state index in [1.54, 1.807) is 13.0 Å². The number of methoxy groups -OCH3 is 1. The van der Waals surface area contributed by atoms with E-state index in [2.05, 4.69) is 10.2 Å². The van der Waals surface area contributed by atoms with Crippen molar-refractivity contribution in [1.29, 1.82) is 0 Å². The number of nitro benzene ring substituents is 1. The fourth-order valence-electron chi connectivity index (χ4n) is 2.49. The summed E-state index contributed by atoms with van der Waals surface area (Å²) in [7, 11) is 1.54. The molecule has 0 saturated carbocycles. The van der Waals surface area contributed by atoms with Gasteiger partial charge in [0, 0.05) is 37.5 Å². The summed E-state index contributed by atoms with van der Waals surface area (Å²) >= 11 is 0. The van der Waals surface area contributed by atoms with Crippen LogP contribution in [-0.2, 0) is 4.74 Å². The molecule has 0 aliphatic carbocycles. The number of fused-ring (bicyclic) bond motifs is 1. The minimum atomic E-state index is -0.824. The highest BCUT2D eigenvalue weighted by atomic mass is 16.6. The zero-order valence-corrected chi connectivity index (χ0v) is 13.5. The zero-order chi connectivity index (χ0) is 18.0. The molecule has 1 aromatic carbocycles. The van der Waals surface area contributed by atoms with Crippen LogP contribution < -0.4 is 15.0 Å². The molecular weight excluding hydrogens is 330 g/mol. The number of ether oxygens (including phenoxy) is 3. The summed E-state index contributed by atoms with van der Waals surface area (Å²) < 4.78 is 16.8. The highest BCUT2D eigenvalue weighted by Crippen LogP contribution is 2.38. The number of aromatic amines is 1. The van der Waals surface area contributed by atoms with Gasteiger partial charge < -0.3 is 14.2 Å². The predicted molar refractivity (Wildman–Crippen MR) is 87.5 cm³/mol. The number of rotatable bonds is 5. The highest BCUT2D eigenvalue weighted by Gasteiger charge is 2.33. The lowest BCUT2D eigenvalue weighted by Gasteiger charge is -2.32. The number of non-ortho nitro benzene ring substituents is 1. The molecule has 0 amide bonds. The molecule has 0 spiro atoms. The van der Waals surface area contributed by atoms with Crippen LogP contribution in [-0.4, -0.2) is 34.4 Å². The Balaban J connectivity index is 2.06. The molecule has 0 saturated heterocycles. The Labute approximate surface area is 142 Å². The molecule has 1 N–H and O–H groups in total. The molecule has 1 aromatic heterocycles. The van der Waals surface area contributed by atoms with Crippen molar-refractivity contribution in [1.82, 2.24) is 10.2 Å². The summed E-state index contributed by atoms with van der Waals surface area (Å²) in [6.07, 6.45) is 1.66. The Morgan fingerprint density at radius 3 is 2.80 bits per heavy atom. The smallest absolute Gasteiger partial charge is 0.270 e. The molecule has 1 aliphatic heterocycles. The Morgan fingerprint density at radius 2 is 2.16 bits per heavy atom. The summed E-state index contributed by atoms with van der Waals surface area (Å²) in [5.74, 6) is 0.890. The average Bonchev–Trinajstić information content (AvgIpc) is 2.56. The van der Waals surface area contributed by atoms with Gasteiger partial charge >= 0.3 is 0 Å². The quantitative estimate of drug-likeness (QED) is 0.649. The van der Waals surface area contributed by atoms with E-state index in [4.69, 9.17) is 14.2 Å². The maximum absolute atomic E-state index is 11.1. The molecule has 9 heteroatoms. The van der Waals surface area contributed by atoms with Crippen molar-refractivity contribution in [2.45, 2.75) is 12.5 Å². The number of nitrogens with one attached hydrogen (secondary N) is 1. The molecule has 0 bridgehead atoms. The van der Waals surface area contributed by atoms with Crippen molar-refractivity contribution in [2.75, 3.05) is 13.7 Å². The first kappa shape index (κ1) is 16.7. The fourth-order valence-corrected chi connectivity index (χ4v) is 2.49. The lowest BCUT2D eigenvalue weighted by Crippen LogP contribution is -2.38. The zero-order valence-electron chi connectivity index (χ0n) is 13.5. The molecule has 0 radical (unpaired) electrons. The fraction of sp³-hybridized carbons (Fsp3) is 0.250. The van der Waals surface area contributed by atoms with E-state index in [0.717, 1.165) is 0 Å². The van der Waals surface area contributed by atoms with Crippen molar-refractivity contribution in [3.63, 3.8) is 0 Å². The molecule has 3 rings (SSSR count). The van der Waals surface area contributed by atoms with Crippen LogP contribution in [0.25, 0.3) is 5.76 Å². The van der Waals surface area contributed by atoms with Gasteiger partial charge in [0.05, 0.1) is 17.1 Å². The summed E-state index contributed by atoms with van der Waals surface area (Å²) in [5, 5.41) is 17.1. The second-order valence-corrected chi connectivity index (χ2v) is 5.66. The van der Waals surface area contributed by atoms with Crippen molar-refractivity contribution in [3.05, 3.63) is 62.4 Å². The third-order valence-corrected chi connectivity index (χ3v) is 3.52. The van der Waals surface area contributed by atoms with Crippen molar-refractivity contribution < 1.29 is 19.1 Å². The molecule has 1 unspecified atom stereocenters. The molecule has 130 valence electrons. The van der Waals surface area contributed by atoms with Gasteiger partial charge in [0.25, 0.3) is 11.2 Å². The minimum Gasteiger partial charge on any atom is -0.480 e. The Morgan fingerprint density at radius 1 is 1.36 bits per heavy atom. The highest BCUT2D eigenvalue weighted by molar-refractivity contribution is 5.72. The van der Waals surface area contributed by atoms with Gasteiger partial charge in [-0.15, -0.1) is 5.10 Å². The summed E-state index contributed by atoms with van der Waals surface area (Å²) in [6.45, 7) is 2.04. The lowest BCUT2D eigenvalue weighted by molar-refractivity contribution is -0.384. The van der Waals surface area contributed by atoms with Crippen LogP contribution in [0.1, 0.15) is 12.5 Å². The second kappa shape index (κ2) is 6.36. The van der Waals surface area contributed by atoms with Gasteiger partial charge in [0.2, 0.25) is 5.88 Å². The Bertz CT molecular complexity index is 886. The third kappa shape index (κ3) is 3.50. The molecule has 25 heavy (non-hydrogen) atoms. The Hall–Kier alpha value is -3.20. The first-order valence-electron chi connectivity index (χ1n) is 7.33. The Kier molecular flexibility index (Phi) is 4.24. The number of H-pyrrole nitrogens is 1. The van der Waals surface area contributed by atoms with Gasteiger partial charge in [-0.25, -0.2) is 5.10 Å². The summed E-state index contributed by atoms with van der Waals surface area (Å²) in [5.41, 5.74) is -0.874. The van der Waals surface area contributed by atoms with Crippen LogP contribution in [0.4, 0.5) is 5.69 Å². The van der Waals surface area contributed by atoms with Gasteiger partial charge in [-0.05, 0) is 13.0 Å². The van der Waals surface area contributed by atoms with Gasteiger partial charge in [-0.1, -0.05) is 0 Å². The van der Waals surface area contributed by atoms with E-state index in [1.165, 1.54) is 37.4 Å². The molecule has 0 fully saturated rings. The van der Waals surface area contributed by atoms with E-state index < -0.39 is 10.5 Å². The molecule has 2 heterocycles. The first-order chi connectivity index (χ1) is 11.9. The molecule has 9 nitrogen and oxygen atoms in total. The number of hydrogen-bond donors (Lipinski definition) is 1. The normalized spacial score (nSPS) is 18.7. The van der Waals surface area contributed by atoms with E-state index in [0.29, 0.717) is 17.1 Å². The first-order valence-corrected chi connectivity index (χ1v) is 7.33. The SMILES string of the molecule is COCC1(C)C=C(Oc2ccc(=O)[nH]n2)c2cc([N+](=O)[O-])ccc2O1. The van der Waals surface area contributed by atoms with Crippen molar-refractivity contribution >= 4 is 11.4 Å². The summed E-state index contributed by atoms with van der Waals surface area (Å²) in [4.78, 5) is 21.7. The largest absolute Gasteiger partial charge is 0.480 e. The topological polar surface area (TPSA) is 117 Å². The standard InChI is InChI=1S/C16H15N3O6/c1-16(9-23-2)8-13(24-15-6-5-14(20)17-18-15)11-7-10(19(21)22)3-4-12(11)25-16/h3-8H,9H2,1-2H3,(H,17,20). The van der Waals surface area contributed by atoms with E-state index in [9.17, 15) is 14.9 Å². The van der Waals surface area contributed by atoms with Gasteiger partial charge in [0.1, 0.15) is 11.5 Å². The molecular formula is C16H15N3O6. The predicted octanol–water partition coefficient (Wildman–Crippen LogP) is 1.90. The average molecular weight is 345 g/mol. The molecule has 1 atom stereocenters. The van der Waals surface area contributed by atoms with Crippen molar-refractivity contribution in [2.24, 2.45) is 0 Å². The van der Waals surface area contributed by atoms with Gasteiger partial charge in [0.15, 0.2) is 5.60 Å². The number of nitro groups is 1. The molecule has 1 aliphatic rings. The van der Waals surface area contributed by atoms with Gasteiger partial charge in [-0.2, -0.15) is 0 Å². The van der Waals surface area contributed by atoms with Crippen LogP contribution in [0, 0.1) is 10.1 Å². The van der Waals surface area contributed by atoms with Crippen LogP contribution in [0.3, 0.4) is 0 Å². The van der Waals surface area contributed by atoms with Crippen molar-refractivity contribution in [3.8, 4) is 11.6 Å². The van der Waals surface area contributed by atoms with E-state index in [1.807, 2.05) is 0 Å². The summed E-state index contributed by atoms with van der Waals surface area (Å²) in [6, 6.07) is 6.90. The minimum absolute atomic E-state index is 0.0957.